The number of carboxylic acids is 2. The number of hydrogen-bond donors (Lipinski definition) is 2. The normalized spacial score (nSPS) is 8.44. The first-order chi connectivity index (χ1) is 3.63. The van der Waals surface area contributed by atoms with E-state index in [9.17, 15) is 9.59 Å². The molecule has 0 spiro atoms. The molecular weight excluding hydrogens is 213 g/mol. The van der Waals surface area contributed by atoms with Crippen molar-refractivity contribution in [2.45, 2.75) is 0 Å². The van der Waals surface area contributed by atoms with Gasteiger partial charge in [0.2, 0.25) is 0 Å². The van der Waals surface area contributed by atoms with Crippen LogP contribution in [0.5, 0.6) is 0 Å². The average Bonchev–Trinajstić information content (AvgIpc) is 1.61. The van der Waals surface area contributed by atoms with Gasteiger partial charge in [-0.2, -0.15) is 0 Å². The second kappa shape index (κ2) is 5.44. The second-order valence-corrected chi connectivity index (χ2v) is 1.01. The summed E-state index contributed by atoms with van der Waals surface area (Å²) in [5, 5.41) is 15.6. The number of carbonyl (C=O) groups is 2. The Hall–Kier alpha value is -0.697. The largest absolute Gasteiger partial charge is 0.478 e. The molecule has 0 aliphatic carbocycles. The van der Waals surface area contributed by atoms with Crippen LogP contribution in [0.1, 0.15) is 0 Å². The topological polar surface area (TPSA) is 74.6 Å². The van der Waals surface area contributed by atoms with Gasteiger partial charge in [-0.1, -0.05) is 0 Å². The van der Waals surface area contributed by atoms with Crippen molar-refractivity contribution >= 4 is 11.9 Å². The van der Waals surface area contributed by atoms with Crippen molar-refractivity contribution < 1.29 is 39.3 Å². The van der Waals surface area contributed by atoms with Crippen LogP contribution in [0.4, 0.5) is 0 Å². The van der Waals surface area contributed by atoms with E-state index in [1.807, 2.05) is 0 Å². The molecule has 9 heavy (non-hydrogen) atoms. The van der Waals surface area contributed by atoms with Gasteiger partial charge in [0.05, 0.1) is 0 Å². The minimum absolute atomic E-state index is 0. The van der Waals surface area contributed by atoms with E-state index < -0.39 is 11.9 Å². The Balaban J connectivity index is 0. The Labute approximate surface area is 63.9 Å². The first-order valence-corrected chi connectivity index (χ1v) is 1.77. The maximum Gasteiger partial charge on any atom is 0.328 e. The van der Waals surface area contributed by atoms with Gasteiger partial charge in [-0.05, 0) is 0 Å². The fourth-order valence-electron chi connectivity index (χ4n) is 0.143. The van der Waals surface area contributed by atoms with Crippen molar-refractivity contribution in [2.24, 2.45) is 0 Å². The third-order valence-corrected chi connectivity index (χ3v) is 0.368. The van der Waals surface area contributed by atoms with E-state index in [1.54, 1.807) is 0 Å². The molecule has 0 saturated carbocycles. The Bertz CT molecular complexity index is 124. The Morgan fingerprint density at radius 2 is 1.22 bits per heavy atom. The Kier molecular flexibility index (Phi) is 6.74. The Morgan fingerprint density at radius 3 is 1.33 bits per heavy atom. The molecule has 4 nitrogen and oxygen atoms in total. The van der Waals surface area contributed by atoms with Crippen LogP contribution >= 0.6 is 0 Å². The molecule has 0 aliphatic heterocycles. The molecule has 0 saturated heterocycles. The van der Waals surface area contributed by atoms with Crippen LogP contribution in [-0.2, 0) is 29.1 Å². The summed E-state index contributed by atoms with van der Waals surface area (Å²) in [6.45, 7) is 0. The van der Waals surface area contributed by atoms with Crippen molar-refractivity contribution in [3.63, 3.8) is 0 Å². The molecule has 0 aromatic rings. The van der Waals surface area contributed by atoms with E-state index in [4.69, 9.17) is 10.2 Å². The summed E-state index contributed by atoms with van der Waals surface area (Å²) in [5.41, 5.74) is 0. The van der Waals surface area contributed by atoms with Gasteiger partial charge in [0.15, 0.2) is 0 Å². The summed E-state index contributed by atoms with van der Waals surface area (Å²) in [6, 6.07) is 0. The molecule has 0 rings (SSSR count). The second-order valence-electron chi connectivity index (χ2n) is 1.01. The zero-order valence-corrected chi connectivity index (χ0v) is 5.96. The van der Waals surface area contributed by atoms with E-state index in [0.29, 0.717) is 12.2 Å². The van der Waals surface area contributed by atoms with Gasteiger partial charge in [-0.3, -0.25) is 0 Å². The zero-order valence-electron chi connectivity index (χ0n) is 4.22. The van der Waals surface area contributed by atoms with Gasteiger partial charge < -0.3 is 10.2 Å². The van der Waals surface area contributed by atoms with Gasteiger partial charge in [0, 0.05) is 31.6 Å². The maximum atomic E-state index is 9.55. The van der Waals surface area contributed by atoms with Crippen LogP contribution in [0, 0.1) is 0 Å². The number of carboxylic acid groups (broad SMARTS) is 2. The summed E-state index contributed by atoms with van der Waals surface area (Å²) in [6.07, 6.45) is 1.12. The van der Waals surface area contributed by atoms with Crippen molar-refractivity contribution in [3.05, 3.63) is 12.2 Å². The number of hydrogen-bond acceptors (Lipinski definition) is 2. The zero-order chi connectivity index (χ0) is 6.57. The average molecular weight is 217 g/mol. The van der Waals surface area contributed by atoms with Crippen LogP contribution in [0.3, 0.4) is 0 Å². The molecule has 0 radical (unpaired) electrons. The maximum absolute atomic E-state index is 9.55. The molecule has 0 aromatic heterocycles. The standard InChI is InChI=1S/C4H4O4.Ru/c5-3(6)1-2-4(7)8;/h1-2H,(H,5,6)(H,7,8);/b2-1-;. The van der Waals surface area contributed by atoms with Crippen LogP contribution < -0.4 is 0 Å². The predicted molar refractivity (Wildman–Crippen MR) is 24.4 cm³/mol. The molecular formula is C4H4O4Ru. The van der Waals surface area contributed by atoms with Crippen molar-refractivity contribution in [1.82, 2.24) is 0 Å². The molecule has 0 heterocycles. The molecule has 5 heteroatoms. The predicted octanol–water partition coefficient (Wildman–Crippen LogP) is -0.291. The third-order valence-electron chi connectivity index (χ3n) is 0.368. The molecule has 0 aromatic carbocycles. The summed E-state index contributed by atoms with van der Waals surface area (Å²) in [4.78, 5) is 19.1. The fourth-order valence-corrected chi connectivity index (χ4v) is 0.143. The van der Waals surface area contributed by atoms with E-state index in [2.05, 4.69) is 0 Å². The van der Waals surface area contributed by atoms with Crippen LogP contribution in [-0.4, -0.2) is 22.2 Å². The van der Waals surface area contributed by atoms with Crippen LogP contribution in [0.25, 0.3) is 0 Å². The minimum Gasteiger partial charge on any atom is -0.478 e. The van der Waals surface area contributed by atoms with E-state index in [0.717, 1.165) is 0 Å². The van der Waals surface area contributed by atoms with Gasteiger partial charge in [0.1, 0.15) is 0 Å². The monoisotopic (exact) mass is 218 g/mol. The van der Waals surface area contributed by atoms with Crippen LogP contribution in [0.2, 0.25) is 0 Å². The van der Waals surface area contributed by atoms with E-state index in [1.165, 1.54) is 0 Å². The van der Waals surface area contributed by atoms with Gasteiger partial charge >= 0.3 is 11.9 Å². The molecule has 0 bridgehead atoms. The summed E-state index contributed by atoms with van der Waals surface area (Å²) < 4.78 is 0. The Morgan fingerprint density at radius 1 is 1.00 bits per heavy atom. The van der Waals surface area contributed by atoms with E-state index in [-0.39, 0.29) is 19.5 Å². The molecule has 2 N–H and O–H groups in total. The van der Waals surface area contributed by atoms with E-state index >= 15 is 0 Å². The van der Waals surface area contributed by atoms with Crippen molar-refractivity contribution in [1.29, 1.82) is 0 Å². The minimum atomic E-state index is -1.26. The molecule has 0 fully saturated rings. The first-order valence-electron chi connectivity index (χ1n) is 1.77. The summed E-state index contributed by atoms with van der Waals surface area (Å²) in [7, 11) is 0. The summed E-state index contributed by atoms with van der Waals surface area (Å²) in [5.74, 6) is -2.51. The van der Waals surface area contributed by atoms with Crippen LogP contribution in [0.15, 0.2) is 12.2 Å². The van der Waals surface area contributed by atoms with Gasteiger partial charge in [0.25, 0.3) is 0 Å². The quantitative estimate of drug-likeness (QED) is 0.492. The van der Waals surface area contributed by atoms with Gasteiger partial charge in [-0.15, -0.1) is 0 Å². The smallest absolute Gasteiger partial charge is 0.328 e. The fraction of sp³-hybridized carbons (Fsp3) is 0. The number of rotatable bonds is 2. The molecule has 0 aliphatic rings. The SMILES string of the molecule is O=C(O)/C=C\C(=O)O.[Ru]. The summed E-state index contributed by atoms with van der Waals surface area (Å²) >= 11 is 0. The van der Waals surface area contributed by atoms with Crippen molar-refractivity contribution in [3.8, 4) is 0 Å². The molecule has 52 valence electrons. The molecule has 0 amide bonds. The van der Waals surface area contributed by atoms with Crippen molar-refractivity contribution in [2.75, 3.05) is 0 Å². The molecule has 0 unspecified atom stereocenters. The molecule has 0 atom stereocenters. The number of aliphatic carboxylic acids is 2. The first kappa shape index (κ1) is 11.1. The van der Waals surface area contributed by atoms with Gasteiger partial charge in [-0.25, -0.2) is 9.59 Å². The third kappa shape index (κ3) is 11.1.